The minimum absolute atomic E-state index is 0.0869. The Morgan fingerprint density at radius 3 is 2.58 bits per heavy atom. The monoisotopic (exact) mass is 161 g/mol. The van der Waals surface area contributed by atoms with Crippen molar-refractivity contribution in [3.8, 4) is 6.26 Å². The molecule has 0 spiro atoms. The molecule has 2 heteroatoms. The van der Waals surface area contributed by atoms with Crippen molar-refractivity contribution in [1.29, 1.82) is 5.26 Å². The van der Waals surface area contributed by atoms with Gasteiger partial charge in [-0.3, -0.25) is 0 Å². The van der Waals surface area contributed by atoms with E-state index in [2.05, 4.69) is 0 Å². The summed E-state index contributed by atoms with van der Waals surface area (Å²) in [7, 11) is 0. The summed E-state index contributed by atoms with van der Waals surface area (Å²) in [6.45, 7) is 2.00. The van der Waals surface area contributed by atoms with Gasteiger partial charge < -0.3 is 4.74 Å². The van der Waals surface area contributed by atoms with Gasteiger partial charge in [-0.2, -0.15) is 5.26 Å². The molecule has 0 N–H and O–H groups in total. The molecule has 1 atom stereocenters. The van der Waals surface area contributed by atoms with Gasteiger partial charge in [0.25, 0.3) is 6.26 Å². The van der Waals surface area contributed by atoms with Crippen molar-refractivity contribution in [2.24, 2.45) is 0 Å². The van der Waals surface area contributed by atoms with E-state index in [-0.39, 0.29) is 6.10 Å². The maximum atomic E-state index is 8.36. The molecule has 2 nitrogen and oxygen atoms in total. The highest BCUT2D eigenvalue weighted by molar-refractivity contribution is 5.17. The summed E-state index contributed by atoms with van der Waals surface area (Å²) in [4.78, 5) is 0. The Balaban J connectivity index is 2.75. The molecule has 0 amide bonds. The summed E-state index contributed by atoms with van der Waals surface area (Å²) in [6.07, 6.45) is 2.45. The molecule has 0 aliphatic rings. The maximum absolute atomic E-state index is 8.36. The summed E-state index contributed by atoms with van der Waals surface area (Å²) >= 11 is 0. The Hall–Kier alpha value is -1.49. The first-order valence-electron chi connectivity index (χ1n) is 3.98. The largest absolute Gasteiger partial charge is 0.419 e. The fourth-order valence-corrected chi connectivity index (χ4v) is 1.12. The molecular formula is C10H11NO. The number of benzene rings is 1. The van der Waals surface area contributed by atoms with Crippen LogP contribution in [-0.4, -0.2) is 0 Å². The number of ether oxygens (including phenoxy) is 1. The lowest BCUT2D eigenvalue weighted by atomic mass is 10.1. The molecule has 1 rings (SSSR count). The summed E-state index contributed by atoms with van der Waals surface area (Å²) in [5.74, 6) is 0. The zero-order chi connectivity index (χ0) is 8.81. The van der Waals surface area contributed by atoms with Crippen molar-refractivity contribution in [3.05, 3.63) is 35.9 Å². The highest BCUT2D eigenvalue weighted by atomic mass is 16.5. The molecule has 0 aliphatic heterocycles. The molecule has 1 aromatic rings. The van der Waals surface area contributed by atoms with Crippen LogP contribution in [0.2, 0.25) is 0 Å². The third-order valence-corrected chi connectivity index (χ3v) is 1.74. The van der Waals surface area contributed by atoms with E-state index in [0.717, 1.165) is 12.0 Å². The van der Waals surface area contributed by atoms with Gasteiger partial charge in [-0.25, -0.2) is 0 Å². The molecule has 1 unspecified atom stereocenters. The highest BCUT2D eigenvalue weighted by Gasteiger charge is 2.07. The van der Waals surface area contributed by atoms with Crippen LogP contribution in [0.25, 0.3) is 0 Å². The van der Waals surface area contributed by atoms with E-state index in [1.807, 2.05) is 37.3 Å². The lowest BCUT2D eigenvalue weighted by molar-refractivity contribution is 0.159. The first-order chi connectivity index (χ1) is 5.88. The SMILES string of the molecule is CCC(OC#N)c1ccccc1. The van der Waals surface area contributed by atoms with E-state index < -0.39 is 0 Å². The van der Waals surface area contributed by atoms with Crippen LogP contribution in [0.5, 0.6) is 0 Å². The third-order valence-electron chi connectivity index (χ3n) is 1.74. The third kappa shape index (κ3) is 2.00. The molecule has 0 saturated heterocycles. The van der Waals surface area contributed by atoms with Crippen LogP contribution in [0, 0.1) is 11.5 Å². The van der Waals surface area contributed by atoms with Gasteiger partial charge in [-0.1, -0.05) is 37.3 Å². The minimum Gasteiger partial charge on any atom is -0.419 e. The first kappa shape index (κ1) is 8.61. The van der Waals surface area contributed by atoms with Gasteiger partial charge in [0.1, 0.15) is 6.10 Å². The van der Waals surface area contributed by atoms with Gasteiger partial charge in [-0.05, 0) is 12.0 Å². The molecule has 0 aromatic heterocycles. The van der Waals surface area contributed by atoms with Gasteiger partial charge >= 0.3 is 0 Å². The first-order valence-corrected chi connectivity index (χ1v) is 3.98. The number of rotatable bonds is 3. The molecular weight excluding hydrogens is 150 g/mol. The van der Waals surface area contributed by atoms with Gasteiger partial charge in [0, 0.05) is 0 Å². The normalized spacial score (nSPS) is 11.7. The Kier molecular flexibility index (Phi) is 3.16. The molecule has 0 heterocycles. The summed E-state index contributed by atoms with van der Waals surface area (Å²) in [5.41, 5.74) is 1.06. The molecule has 62 valence electrons. The van der Waals surface area contributed by atoms with Crippen molar-refractivity contribution >= 4 is 0 Å². The zero-order valence-electron chi connectivity index (χ0n) is 7.03. The lowest BCUT2D eigenvalue weighted by Gasteiger charge is -2.10. The van der Waals surface area contributed by atoms with E-state index in [1.54, 1.807) is 6.26 Å². The predicted octanol–water partition coefficient (Wildman–Crippen LogP) is 2.64. The molecule has 1 aromatic carbocycles. The van der Waals surface area contributed by atoms with Gasteiger partial charge in [0.2, 0.25) is 0 Å². The molecule has 12 heavy (non-hydrogen) atoms. The summed E-state index contributed by atoms with van der Waals surface area (Å²) in [5, 5.41) is 8.36. The number of hydrogen-bond donors (Lipinski definition) is 0. The van der Waals surface area contributed by atoms with Crippen LogP contribution in [0.3, 0.4) is 0 Å². The van der Waals surface area contributed by atoms with E-state index in [9.17, 15) is 0 Å². The summed E-state index contributed by atoms with van der Waals surface area (Å²) < 4.78 is 4.88. The smallest absolute Gasteiger partial charge is 0.286 e. The van der Waals surface area contributed by atoms with Crippen molar-refractivity contribution in [1.82, 2.24) is 0 Å². The van der Waals surface area contributed by atoms with Crippen LogP contribution < -0.4 is 0 Å². The standard InChI is InChI=1S/C10H11NO/c1-2-10(12-8-11)9-6-4-3-5-7-9/h3-7,10H,2H2,1H3. The number of hydrogen-bond acceptors (Lipinski definition) is 2. The van der Waals surface area contributed by atoms with Gasteiger partial charge in [0.05, 0.1) is 0 Å². The Morgan fingerprint density at radius 1 is 1.42 bits per heavy atom. The van der Waals surface area contributed by atoms with Crippen molar-refractivity contribution in [3.63, 3.8) is 0 Å². The lowest BCUT2D eigenvalue weighted by Crippen LogP contribution is -1.98. The maximum Gasteiger partial charge on any atom is 0.286 e. The highest BCUT2D eigenvalue weighted by Crippen LogP contribution is 2.19. The van der Waals surface area contributed by atoms with Crippen LogP contribution in [-0.2, 0) is 4.74 Å². The van der Waals surface area contributed by atoms with Crippen molar-refractivity contribution in [2.75, 3.05) is 0 Å². The average molecular weight is 161 g/mol. The minimum atomic E-state index is -0.0869. The Bertz CT molecular complexity index is 263. The van der Waals surface area contributed by atoms with Crippen LogP contribution >= 0.6 is 0 Å². The number of nitriles is 1. The van der Waals surface area contributed by atoms with E-state index in [4.69, 9.17) is 10.00 Å². The molecule has 0 saturated carbocycles. The van der Waals surface area contributed by atoms with Crippen LogP contribution in [0.4, 0.5) is 0 Å². The van der Waals surface area contributed by atoms with E-state index >= 15 is 0 Å². The van der Waals surface area contributed by atoms with Crippen molar-refractivity contribution in [2.45, 2.75) is 19.4 Å². The van der Waals surface area contributed by atoms with Gasteiger partial charge in [-0.15, -0.1) is 0 Å². The van der Waals surface area contributed by atoms with Gasteiger partial charge in [0.15, 0.2) is 0 Å². The quantitative estimate of drug-likeness (QED) is 0.638. The van der Waals surface area contributed by atoms with E-state index in [0.29, 0.717) is 0 Å². The Morgan fingerprint density at radius 2 is 2.08 bits per heavy atom. The molecule has 0 bridgehead atoms. The second-order valence-corrected chi connectivity index (χ2v) is 2.52. The average Bonchev–Trinajstić information content (AvgIpc) is 2.15. The predicted molar refractivity (Wildman–Crippen MR) is 46.2 cm³/mol. The zero-order valence-corrected chi connectivity index (χ0v) is 7.03. The number of nitrogens with zero attached hydrogens (tertiary/aromatic N) is 1. The summed E-state index contributed by atoms with van der Waals surface area (Å²) in [6, 6.07) is 9.76. The van der Waals surface area contributed by atoms with Crippen LogP contribution in [0.1, 0.15) is 25.0 Å². The van der Waals surface area contributed by atoms with E-state index in [1.165, 1.54) is 0 Å². The van der Waals surface area contributed by atoms with Crippen molar-refractivity contribution < 1.29 is 4.74 Å². The second-order valence-electron chi connectivity index (χ2n) is 2.52. The molecule has 0 aliphatic carbocycles. The molecule has 0 radical (unpaired) electrons. The topological polar surface area (TPSA) is 33.0 Å². The fraction of sp³-hybridized carbons (Fsp3) is 0.300. The fourth-order valence-electron chi connectivity index (χ4n) is 1.12. The second kappa shape index (κ2) is 4.40. The van der Waals surface area contributed by atoms with Crippen LogP contribution in [0.15, 0.2) is 30.3 Å². The Labute approximate surface area is 72.4 Å². The molecule has 0 fully saturated rings.